The van der Waals surface area contributed by atoms with E-state index in [-0.39, 0.29) is 18.2 Å². The summed E-state index contributed by atoms with van der Waals surface area (Å²) in [4.78, 5) is 25.3. The lowest BCUT2D eigenvalue weighted by molar-refractivity contribution is -0.384. The summed E-state index contributed by atoms with van der Waals surface area (Å²) in [5.74, 6) is 2.04. The molecular formula is C25H24N2O7. The van der Waals surface area contributed by atoms with Crippen LogP contribution in [0.5, 0.6) is 17.2 Å². The van der Waals surface area contributed by atoms with Gasteiger partial charge in [-0.05, 0) is 60.0 Å². The molecule has 0 radical (unpaired) electrons. The summed E-state index contributed by atoms with van der Waals surface area (Å²) in [6, 6.07) is 12.7. The maximum absolute atomic E-state index is 13.1. The molecule has 0 fully saturated rings. The Labute approximate surface area is 196 Å². The fourth-order valence-corrected chi connectivity index (χ4v) is 3.95. The SMILES string of the molecule is COc1cc2c(cc1OC)C(COc1ccc([N+](=O)[O-])cc1)N(C(=O)C=Cc1ccco1)CC2. The van der Waals surface area contributed by atoms with Crippen LogP contribution < -0.4 is 14.2 Å². The molecule has 1 aliphatic rings. The topological polar surface area (TPSA) is 104 Å². The highest BCUT2D eigenvalue weighted by molar-refractivity contribution is 5.92. The van der Waals surface area contributed by atoms with Crippen molar-refractivity contribution in [3.8, 4) is 17.2 Å². The van der Waals surface area contributed by atoms with Crippen molar-refractivity contribution in [2.75, 3.05) is 27.4 Å². The Bertz CT molecular complexity index is 1190. The first-order valence-corrected chi connectivity index (χ1v) is 10.6. The van der Waals surface area contributed by atoms with Crippen molar-refractivity contribution < 1.29 is 28.3 Å². The van der Waals surface area contributed by atoms with Crippen molar-refractivity contribution in [2.45, 2.75) is 12.5 Å². The highest BCUT2D eigenvalue weighted by Crippen LogP contribution is 2.38. The second-order valence-electron chi connectivity index (χ2n) is 7.61. The molecule has 1 aromatic heterocycles. The number of hydrogen-bond acceptors (Lipinski definition) is 7. The second-order valence-corrected chi connectivity index (χ2v) is 7.61. The van der Waals surface area contributed by atoms with Crippen LogP contribution in [0.3, 0.4) is 0 Å². The predicted octanol–water partition coefficient (Wildman–Crippen LogP) is 4.42. The quantitative estimate of drug-likeness (QED) is 0.276. The zero-order valence-electron chi connectivity index (χ0n) is 18.8. The average molecular weight is 464 g/mol. The number of furan rings is 1. The minimum absolute atomic E-state index is 0.0212. The first-order valence-electron chi connectivity index (χ1n) is 10.6. The summed E-state index contributed by atoms with van der Waals surface area (Å²) in [5.41, 5.74) is 1.91. The zero-order valence-corrected chi connectivity index (χ0v) is 18.8. The van der Waals surface area contributed by atoms with Gasteiger partial charge in [-0.2, -0.15) is 0 Å². The molecule has 176 valence electrons. The van der Waals surface area contributed by atoms with Crippen LogP contribution in [0.15, 0.2) is 65.3 Å². The van der Waals surface area contributed by atoms with E-state index in [2.05, 4.69) is 0 Å². The molecule has 3 aromatic rings. The van der Waals surface area contributed by atoms with Gasteiger partial charge in [-0.15, -0.1) is 0 Å². The van der Waals surface area contributed by atoms with Crippen LogP contribution >= 0.6 is 0 Å². The number of fused-ring (bicyclic) bond motifs is 1. The van der Waals surface area contributed by atoms with E-state index in [0.717, 1.165) is 11.1 Å². The van der Waals surface area contributed by atoms with E-state index in [4.69, 9.17) is 18.6 Å². The van der Waals surface area contributed by atoms with Gasteiger partial charge in [-0.25, -0.2) is 0 Å². The lowest BCUT2D eigenvalue weighted by atomic mass is 9.92. The molecule has 1 aliphatic heterocycles. The van der Waals surface area contributed by atoms with Crippen molar-refractivity contribution in [1.82, 2.24) is 4.90 Å². The fraction of sp³-hybridized carbons (Fsp3) is 0.240. The Kier molecular flexibility index (Phi) is 6.82. The summed E-state index contributed by atoms with van der Waals surface area (Å²) in [6.07, 6.45) is 5.29. The molecule has 0 saturated carbocycles. The maximum atomic E-state index is 13.1. The number of benzene rings is 2. The standard InChI is InChI=1S/C25H24N2O7/c1-31-23-14-17-11-12-26(25(28)10-9-19-4-3-13-33-19)22(21(17)15-24(23)32-2)16-34-20-7-5-18(6-8-20)27(29)30/h3-10,13-15,22H,11-12,16H2,1-2H3. The summed E-state index contributed by atoms with van der Waals surface area (Å²) in [5, 5.41) is 10.9. The van der Waals surface area contributed by atoms with Gasteiger partial charge in [0, 0.05) is 24.8 Å². The number of hydrogen-bond donors (Lipinski definition) is 0. The van der Waals surface area contributed by atoms with E-state index in [1.54, 1.807) is 55.7 Å². The Morgan fingerprint density at radius 3 is 2.56 bits per heavy atom. The fourth-order valence-electron chi connectivity index (χ4n) is 3.95. The molecule has 0 aliphatic carbocycles. The van der Waals surface area contributed by atoms with Crippen LogP contribution in [-0.2, 0) is 11.2 Å². The number of carbonyl (C=O) groups is 1. The Morgan fingerprint density at radius 1 is 1.18 bits per heavy atom. The van der Waals surface area contributed by atoms with Gasteiger partial charge in [0.1, 0.15) is 18.1 Å². The Balaban J connectivity index is 1.63. The van der Waals surface area contributed by atoms with E-state index in [9.17, 15) is 14.9 Å². The molecule has 1 atom stereocenters. The van der Waals surface area contributed by atoms with Crippen LogP contribution in [0, 0.1) is 10.1 Å². The second kappa shape index (κ2) is 10.1. The molecule has 4 rings (SSSR count). The third-order valence-electron chi connectivity index (χ3n) is 5.67. The molecule has 0 bridgehead atoms. The Morgan fingerprint density at radius 2 is 1.91 bits per heavy atom. The minimum atomic E-state index is -0.466. The molecule has 0 saturated heterocycles. The van der Waals surface area contributed by atoms with Crippen molar-refractivity contribution in [1.29, 1.82) is 0 Å². The maximum Gasteiger partial charge on any atom is 0.269 e. The highest BCUT2D eigenvalue weighted by atomic mass is 16.6. The molecule has 34 heavy (non-hydrogen) atoms. The van der Waals surface area contributed by atoms with Crippen molar-refractivity contribution in [3.05, 3.63) is 87.9 Å². The van der Waals surface area contributed by atoms with Gasteiger partial charge in [-0.3, -0.25) is 14.9 Å². The van der Waals surface area contributed by atoms with Gasteiger partial charge in [0.05, 0.1) is 31.4 Å². The van der Waals surface area contributed by atoms with Crippen LogP contribution in [0.1, 0.15) is 22.9 Å². The van der Waals surface area contributed by atoms with E-state index in [1.165, 1.54) is 18.2 Å². The average Bonchev–Trinajstić information content (AvgIpc) is 3.38. The van der Waals surface area contributed by atoms with Crippen LogP contribution in [0.2, 0.25) is 0 Å². The summed E-state index contributed by atoms with van der Waals surface area (Å²) < 4.78 is 22.2. The van der Waals surface area contributed by atoms with Crippen LogP contribution in [-0.4, -0.2) is 43.1 Å². The molecule has 1 unspecified atom stereocenters. The molecule has 2 heterocycles. The molecule has 0 N–H and O–H groups in total. The summed E-state index contributed by atoms with van der Waals surface area (Å²) in [6.45, 7) is 0.638. The normalized spacial score (nSPS) is 15.1. The number of carbonyl (C=O) groups excluding carboxylic acids is 1. The van der Waals surface area contributed by atoms with Gasteiger partial charge in [0.15, 0.2) is 11.5 Å². The Hall–Kier alpha value is -4.27. The molecular weight excluding hydrogens is 440 g/mol. The van der Waals surface area contributed by atoms with Crippen LogP contribution in [0.25, 0.3) is 6.08 Å². The first kappa shape index (κ1) is 22.9. The number of nitro benzene ring substituents is 1. The molecule has 9 nitrogen and oxygen atoms in total. The lowest BCUT2D eigenvalue weighted by Gasteiger charge is -2.37. The smallest absolute Gasteiger partial charge is 0.269 e. The number of amides is 1. The number of methoxy groups -OCH3 is 2. The monoisotopic (exact) mass is 464 g/mol. The number of ether oxygens (including phenoxy) is 3. The molecule has 9 heteroatoms. The third-order valence-corrected chi connectivity index (χ3v) is 5.67. The van der Waals surface area contributed by atoms with Crippen molar-refractivity contribution in [2.24, 2.45) is 0 Å². The highest BCUT2D eigenvalue weighted by Gasteiger charge is 2.32. The largest absolute Gasteiger partial charge is 0.493 e. The summed E-state index contributed by atoms with van der Waals surface area (Å²) >= 11 is 0. The van der Waals surface area contributed by atoms with Crippen molar-refractivity contribution in [3.63, 3.8) is 0 Å². The van der Waals surface area contributed by atoms with Crippen molar-refractivity contribution >= 4 is 17.7 Å². The molecule has 2 aromatic carbocycles. The number of non-ortho nitro benzene ring substituents is 1. The van der Waals surface area contributed by atoms with E-state index in [1.807, 2.05) is 12.1 Å². The number of nitro groups is 1. The minimum Gasteiger partial charge on any atom is -0.493 e. The van der Waals surface area contributed by atoms with E-state index < -0.39 is 11.0 Å². The number of nitrogens with zero attached hydrogens (tertiary/aromatic N) is 2. The van der Waals surface area contributed by atoms with Crippen LogP contribution in [0.4, 0.5) is 5.69 Å². The zero-order chi connectivity index (χ0) is 24.1. The summed E-state index contributed by atoms with van der Waals surface area (Å²) in [7, 11) is 3.14. The third kappa shape index (κ3) is 4.88. The van der Waals surface area contributed by atoms with E-state index in [0.29, 0.717) is 36.0 Å². The van der Waals surface area contributed by atoms with Gasteiger partial charge in [-0.1, -0.05) is 0 Å². The molecule has 0 spiro atoms. The molecule has 1 amide bonds. The lowest BCUT2D eigenvalue weighted by Crippen LogP contribution is -2.41. The van der Waals surface area contributed by atoms with Gasteiger partial charge >= 0.3 is 0 Å². The first-order chi connectivity index (χ1) is 16.5. The number of rotatable bonds is 8. The van der Waals surface area contributed by atoms with Gasteiger partial charge in [0.2, 0.25) is 5.91 Å². The predicted molar refractivity (Wildman–Crippen MR) is 124 cm³/mol. The van der Waals surface area contributed by atoms with Gasteiger partial charge in [0.25, 0.3) is 5.69 Å². The van der Waals surface area contributed by atoms with Gasteiger partial charge < -0.3 is 23.5 Å². The van der Waals surface area contributed by atoms with E-state index >= 15 is 0 Å².